The van der Waals surface area contributed by atoms with Crippen LogP contribution in [0.5, 0.6) is 5.75 Å². The number of nitrogens with zero attached hydrogens (tertiary/aromatic N) is 4. The lowest BCUT2D eigenvalue weighted by Crippen LogP contribution is -2.50. The van der Waals surface area contributed by atoms with Crippen molar-refractivity contribution >= 4 is 45.9 Å². The molecule has 3 heterocycles. The summed E-state index contributed by atoms with van der Waals surface area (Å²) < 4.78 is 87.2. The van der Waals surface area contributed by atoms with Crippen molar-refractivity contribution in [2.75, 3.05) is 37.0 Å². The van der Waals surface area contributed by atoms with E-state index in [4.69, 9.17) is 16.3 Å². The highest BCUT2D eigenvalue weighted by atomic mass is 35.5. The number of aryl methyl sites for hydroxylation is 1. The molecule has 0 saturated carbocycles. The summed E-state index contributed by atoms with van der Waals surface area (Å²) in [5.74, 6) is -5.34. The second-order valence-electron chi connectivity index (χ2n) is 9.22. The number of hydrogen-bond acceptors (Lipinski definition) is 7. The topological polar surface area (TPSA) is 101 Å². The predicted molar refractivity (Wildman–Crippen MR) is 135 cm³/mol. The van der Waals surface area contributed by atoms with Crippen LogP contribution in [0, 0.1) is 11.8 Å². The minimum Gasteiger partial charge on any atom is -0.478 e. The van der Waals surface area contributed by atoms with Crippen LogP contribution >= 0.6 is 11.6 Å². The van der Waals surface area contributed by atoms with Crippen LogP contribution in [-0.4, -0.2) is 59.5 Å². The molecular weight excluding hydrogens is 570 g/mol. The predicted octanol–water partition coefficient (Wildman–Crippen LogP) is 4.42. The maximum atomic E-state index is 13.4. The van der Waals surface area contributed by atoms with Gasteiger partial charge >= 0.3 is 12.4 Å². The molecule has 1 amide bonds. The number of benzene rings is 1. The molecule has 2 aromatic heterocycles. The molecule has 1 saturated heterocycles. The van der Waals surface area contributed by atoms with E-state index in [1.165, 1.54) is 24.7 Å². The molecule has 0 bridgehead atoms. The van der Waals surface area contributed by atoms with Gasteiger partial charge in [0.05, 0.1) is 23.5 Å². The van der Waals surface area contributed by atoms with Gasteiger partial charge in [-0.05, 0) is 30.7 Å². The zero-order valence-corrected chi connectivity index (χ0v) is 21.8. The van der Waals surface area contributed by atoms with Crippen LogP contribution in [0.4, 0.5) is 43.8 Å². The molecule has 0 radical (unpaired) electrons. The fraction of sp³-hybridized carbons (Fsp3) is 0.417. The number of fused-ring (bicyclic) bond motifs is 1. The summed E-state index contributed by atoms with van der Waals surface area (Å²) in [6.07, 6.45) is -9.65. The van der Waals surface area contributed by atoms with Crippen LogP contribution < -0.4 is 25.8 Å². The van der Waals surface area contributed by atoms with Gasteiger partial charge in [0.1, 0.15) is 5.02 Å². The van der Waals surface area contributed by atoms with E-state index in [1.807, 2.05) is 0 Å². The van der Waals surface area contributed by atoms with Gasteiger partial charge in [-0.15, -0.1) is 0 Å². The molecule has 40 heavy (non-hydrogen) atoms. The van der Waals surface area contributed by atoms with Crippen LogP contribution in [0.3, 0.4) is 0 Å². The standard InChI is InChI=1S/C24H23ClF6N6O3/c1-32-19(38)11-40-18-6-12-5-15(3-4-17(12)36(2)21(18)39)34-20-16(25)8-33-22(35-20)37-9-13(23(26,27)28)7-14(10-37)24(29,30)31/h3-6,8,13-14H,7,9-11H2,1-2H3,(H,32,38)(H,33,34,35)/t13-,14+. The molecule has 0 spiro atoms. The Morgan fingerprint density at radius 3 is 2.38 bits per heavy atom. The third kappa shape index (κ3) is 6.35. The minimum atomic E-state index is -4.83. The third-order valence-corrected chi connectivity index (χ3v) is 6.76. The molecule has 1 fully saturated rings. The van der Waals surface area contributed by atoms with Crippen LogP contribution in [-0.2, 0) is 11.8 Å². The zero-order valence-electron chi connectivity index (χ0n) is 21.0. The number of anilines is 3. The van der Waals surface area contributed by atoms with E-state index < -0.39 is 55.2 Å². The number of ether oxygens (including phenoxy) is 1. The van der Waals surface area contributed by atoms with E-state index in [2.05, 4.69) is 20.6 Å². The Morgan fingerprint density at radius 1 is 1.12 bits per heavy atom. The fourth-order valence-electron chi connectivity index (χ4n) is 4.32. The number of carbonyl (C=O) groups is 1. The molecule has 4 rings (SSSR count). The van der Waals surface area contributed by atoms with Crippen molar-refractivity contribution in [1.29, 1.82) is 0 Å². The van der Waals surface area contributed by atoms with Crippen molar-refractivity contribution in [3.63, 3.8) is 0 Å². The normalized spacial score (nSPS) is 18.1. The number of hydrogen-bond donors (Lipinski definition) is 2. The smallest absolute Gasteiger partial charge is 0.393 e. The summed E-state index contributed by atoms with van der Waals surface area (Å²) in [7, 11) is 2.93. The average Bonchev–Trinajstić information content (AvgIpc) is 2.89. The lowest BCUT2D eigenvalue weighted by molar-refractivity contribution is -0.214. The number of aromatic nitrogens is 3. The van der Waals surface area contributed by atoms with Gasteiger partial charge in [0.15, 0.2) is 18.2 Å². The Hall–Kier alpha value is -3.75. The number of alkyl halides is 6. The van der Waals surface area contributed by atoms with Gasteiger partial charge in [0, 0.05) is 38.3 Å². The van der Waals surface area contributed by atoms with Crippen molar-refractivity contribution in [2.24, 2.45) is 18.9 Å². The highest BCUT2D eigenvalue weighted by molar-refractivity contribution is 6.32. The number of amides is 1. The van der Waals surface area contributed by atoms with Crippen molar-refractivity contribution in [3.8, 4) is 5.75 Å². The molecule has 1 aromatic carbocycles. The van der Waals surface area contributed by atoms with Gasteiger partial charge in [0.25, 0.3) is 11.5 Å². The number of pyridine rings is 1. The molecule has 3 aromatic rings. The number of halogens is 7. The van der Waals surface area contributed by atoms with Crippen molar-refractivity contribution < 1.29 is 35.9 Å². The summed E-state index contributed by atoms with van der Waals surface area (Å²) in [4.78, 5) is 33.0. The first-order chi connectivity index (χ1) is 18.7. The largest absolute Gasteiger partial charge is 0.478 e. The first-order valence-corrected chi connectivity index (χ1v) is 12.2. The quantitative estimate of drug-likeness (QED) is 0.409. The molecule has 2 atom stereocenters. The highest BCUT2D eigenvalue weighted by Gasteiger charge is 2.52. The van der Waals surface area contributed by atoms with E-state index in [9.17, 15) is 35.9 Å². The monoisotopic (exact) mass is 592 g/mol. The summed E-state index contributed by atoms with van der Waals surface area (Å²) in [6, 6.07) is 6.20. The molecule has 1 aliphatic heterocycles. The lowest BCUT2D eigenvalue weighted by Gasteiger charge is -2.39. The number of carbonyl (C=O) groups excluding carboxylic acids is 1. The van der Waals surface area contributed by atoms with Crippen LogP contribution in [0.2, 0.25) is 5.02 Å². The summed E-state index contributed by atoms with van der Waals surface area (Å²) in [6.45, 7) is -1.85. The Kier molecular flexibility index (Phi) is 8.06. The SMILES string of the molecule is CNC(=O)COc1cc2cc(Nc3nc(N4C[C@H](C(F)(F)F)C[C@H](C(F)(F)F)C4)ncc3Cl)ccc2n(C)c1=O. The van der Waals surface area contributed by atoms with Gasteiger partial charge < -0.3 is 24.8 Å². The Morgan fingerprint density at radius 2 is 1.77 bits per heavy atom. The number of piperidine rings is 1. The lowest BCUT2D eigenvalue weighted by atomic mass is 9.88. The van der Waals surface area contributed by atoms with Gasteiger partial charge in [-0.2, -0.15) is 31.3 Å². The molecule has 2 N–H and O–H groups in total. The van der Waals surface area contributed by atoms with Gasteiger partial charge in [-0.3, -0.25) is 9.59 Å². The van der Waals surface area contributed by atoms with Crippen molar-refractivity contribution in [1.82, 2.24) is 19.9 Å². The summed E-state index contributed by atoms with van der Waals surface area (Å²) in [5, 5.41) is 5.75. The molecule has 9 nitrogen and oxygen atoms in total. The van der Waals surface area contributed by atoms with E-state index in [0.29, 0.717) is 16.6 Å². The zero-order chi connectivity index (χ0) is 29.4. The number of likely N-dealkylation sites (N-methyl/N-ethyl adjacent to an activating group) is 1. The Bertz CT molecular complexity index is 1460. The van der Waals surface area contributed by atoms with E-state index in [-0.39, 0.29) is 29.1 Å². The van der Waals surface area contributed by atoms with Crippen LogP contribution in [0.15, 0.2) is 35.3 Å². The number of nitrogens with one attached hydrogen (secondary N) is 2. The van der Waals surface area contributed by atoms with Crippen LogP contribution in [0.1, 0.15) is 6.42 Å². The summed E-state index contributed by atoms with van der Waals surface area (Å²) in [5.41, 5.74) is 0.424. The molecule has 16 heteroatoms. The maximum Gasteiger partial charge on any atom is 0.393 e. The highest BCUT2D eigenvalue weighted by Crippen LogP contribution is 2.42. The second-order valence-corrected chi connectivity index (χ2v) is 9.62. The minimum absolute atomic E-state index is 0.0318. The van der Waals surface area contributed by atoms with Gasteiger partial charge in [-0.25, -0.2) is 4.98 Å². The van der Waals surface area contributed by atoms with Crippen molar-refractivity contribution in [3.05, 3.63) is 45.8 Å². The first kappa shape index (κ1) is 29.2. The fourth-order valence-corrected chi connectivity index (χ4v) is 4.46. The maximum absolute atomic E-state index is 13.4. The van der Waals surface area contributed by atoms with E-state index >= 15 is 0 Å². The molecule has 216 valence electrons. The molecule has 0 unspecified atom stereocenters. The van der Waals surface area contributed by atoms with Gasteiger partial charge in [0.2, 0.25) is 5.95 Å². The molecular formula is C24H23ClF6N6O3. The molecule has 1 aliphatic rings. The third-order valence-electron chi connectivity index (χ3n) is 6.48. The average molecular weight is 593 g/mol. The molecule has 0 aliphatic carbocycles. The van der Waals surface area contributed by atoms with E-state index in [1.54, 1.807) is 18.2 Å². The second kappa shape index (κ2) is 11.0. The number of rotatable bonds is 6. The Balaban J connectivity index is 1.63. The Labute approximate surface area is 228 Å². The van der Waals surface area contributed by atoms with Crippen LogP contribution in [0.25, 0.3) is 10.9 Å². The summed E-state index contributed by atoms with van der Waals surface area (Å²) >= 11 is 6.19. The van der Waals surface area contributed by atoms with Gasteiger partial charge in [-0.1, -0.05) is 11.6 Å². The van der Waals surface area contributed by atoms with Crippen molar-refractivity contribution in [2.45, 2.75) is 18.8 Å². The van der Waals surface area contributed by atoms with E-state index in [0.717, 1.165) is 11.1 Å². The first-order valence-electron chi connectivity index (χ1n) is 11.8.